The molecule has 0 bridgehead atoms. The van der Waals surface area contributed by atoms with E-state index in [4.69, 9.17) is 0 Å². The number of pyridine rings is 1. The van der Waals surface area contributed by atoms with Crippen molar-refractivity contribution in [3.05, 3.63) is 35.8 Å². The highest BCUT2D eigenvalue weighted by molar-refractivity contribution is 5.94. The zero-order chi connectivity index (χ0) is 12.4. The van der Waals surface area contributed by atoms with Gasteiger partial charge in [0.25, 0.3) is 5.91 Å². The van der Waals surface area contributed by atoms with Gasteiger partial charge in [0.05, 0.1) is 5.69 Å². The minimum Gasteiger partial charge on any atom is -0.349 e. The summed E-state index contributed by atoms with van der Waals surface area (Å²) in [7, 11) is 0. The molecule has 0 spiro atoms. The molecule has 2 heterocycles. The highest BCUT2D eigenvalue weighted by Gasteiger charge is 2.17. The van der Waals surface area contributed by atoms with E-state index in [1.165, 1.54) is 0 Å². The van der Waals surface area contributed by atoms with E-state index in [-0.39, 0.29) is 11.9 Å². The molecule has 4 heteroatoms. The average molecular weight is 231 g/mol. The topological polar surface area (TPSA) is 46.4 Å². The van der Waals surface area contributed by atoms with Gasteiger partial charge >= 0.3 is 0 Å². The molecule has 2 aromatic heterocycles. The number of nitrogens with one attached hydrogen (secondary N) is 1. The Kier molecular flexibility index (Phi) is 3.13. The summed E-state index contributed by atoms with van der Waals surface area (Å²) in [5.41, 5.74) is 2.31. The summed E-state index contributed by atoms with van der Waals surface area (Å²) in [5, 5.41) is 2.91. The van der Waals surface area contributed by atoms with Gasteiger partial charge in [-0.2, -0.15) is 0 Å². The zero-order valence-electron chi connectivity index (χ0n) is 10.4. The highest BCUT2D eigenvalue weighted by atomic mass is 16.2. The lowest BCUT2D eigenvalue weighted by Gasteiger charge is -2.09. The Labute approximate surface area is 101 Å². The Bertz CT molecular complexity index is 543. The lowest BCUT2D eigenvalue weighted by molar-refractivity contribution is 0.0936. The van der Waals surface area contributed by atoms with Gasteiger partial charge in [-0.1, -0.05) is 13.0 Å². The van der Waals surface area contributed by atoms with Crippen molar-refractivity contribution in [3.63, 3.8) is 0 Å². The van der Waals surface area contributed by atoms with Gasteiger partial charge in [0, 0.05) is 12.2 Å². The lowest BCUT2D eigenvalue weighted by Crippen LogP contribution is -2.31. The number of carbonyl (C=O) groups is 1. The molecule has 0 radical (unpaired) electrons. The Hall–Kier alpha value is -1.84. The van der Waals surface area contributed by atoms with E-state index in [2.05, 4.69) is 10.3 Å². The number of nitrogens with zero attached hydrogens (tertiary/aromatic N) is 2. The molecule has 0 aliphatic rings. The van der Waals surface area contributed by atoms with Crippen LogP contribution in [-0.4, -0.2) is 21.3 Å². The zero-order valence-corrected chi connectivity index (χ0v) is 10.4. The van der Waals surface area contributed by atoms with Gasteiger partial charge in [0.2, 0.25) is 0 Å². The maximum atomic E-state index is 12.1. The number of imidazole rings is 1. The van der Waals surface area contributed by atoms with Gasteiger partial charge < -0.3 is 5.32 Å². The van der Waals surface area contributed by atoms with Crippen molar-refractivity contribution in [2.45, 2.75) is 33.2 Å². The lowest BCUT2D eigenvalue weighted by atomic mass is 10.2. The van der Waals surface area contributed by atoms with E-state index in [1.54, 1.807) is 0 Å². The maximum absolute atomic E-state index is 12.1. The van der Waals surface area contributed by atoms with E-state index >= 15 is 0 Å². The van der Waals surface area contributed by atoms with Gasteiger partial charge in [-0.3, -0.25) is 9.20 Å². The number of aromatic nitrogens is 2. The van der Waals surface area contributed by atoms with Gasteiger partial charge in [0.1, 0.15) is 11.3 Å². The van der Waals surface area contributed by atoms with E-state index in [1.807, 2.05) is 49.6 Å². The molecule has 0 saturated carbocycles. The van der Waals surface area contributed by atoms with E-state index < -0.39 is 0 Å². The average Bonchev–Trinajstić information content (AvgIpc) is 2.66. The van der Waals surface area contributed by atoms with Crippen LogP contribution >= 0.6 is 0 Å². The van der Waals surface area contributed by atoms with Crippen LogP contribution in [0.1, 0.15) is 37.0 Å². The summed E-state index contributed by atoms with van der Waals surface area (Å²) < 4.78 is 1.84. The first-order valence-electron chi connectivity index (χ1n) is 5.90. The number of aryl methyl sites for hydroxylation is 1. The van der Waals surface area contributed by atoms with E-state index in [9.17, 15) is 4.79 Å². The Morgan fingerprint density at radius 3 is 2.88 bits per heavy atom. The number of hydrogen-bond acceptors (Lipinski definition) is 2. The molecule has 0 fully saturated rings. The van der Waals surface area contributed by atoms with Gasteiger partial charge in [-0.25, -0.2) is 4.98 Å². The fourth-order valence-electron chi connectivity index (χ4n) is 1.86. The largest absolute Gasteiger partial charge is 0.349 e. The molecule has 1 amide bonds. The molecule has 0 saturated heterocycles. The van der Waals surface area contributed by atoms with Crippen LogP contribution < -0.4 is 5.32 Å². The minimum atomic E-state index is -0.0597. The second kappa shape index (κ2) is 4.57. The third-order valence-corrected chi connectivity index (χ3v) is 2.57. The van der Waals surface area contributed by atoms with Crippen LogP contribution in [0.25, 0.3) is 5.65 Å². The smallest absolute Gasteiger partial charge is 0.270 e. The standard InChI is InChI=1S/C13H17N3O/c1-4-10-12(13(17)14-9(2)3)16-8-6-5-7-11(16)15-10/h5-9H,4H2,1-3H3,(H,14,17). The number of amides is 1. The third kappa shape index (κ3) is 2.16. The van der Waals surface area contributed by atoms with Crippen molar-refractivity contribution in [2.24, 2.45) is 0 Å². The Morgan fingerprint density at radius 1 is 1.47 bits per heavy atom. The van der Waals surface area contributed by atoms with Crippen molar-refractivity contribution in [1.29, 1.82) is 0 Å². The van der Waals surface area contributed by atoms with E-state index in [0.717, 1.165) is 17.8 Å². The normalized spacial score (nSPS) is 11.1. The summed E-state index contributed by atoms with van der Waals surface area (Å²) in [6.07, 6.45) is 2.62. The quantitative estimate of drug-likeness (QED) is 0.878. The van der Waals surface area contributed by atoms with Crippen LogP contribution in [0, 0.1) is 0 Å². The van der Waals surface area contributed by atoms with Gasteiger partial charge in [-0.05, 0) is 32.4 Å². The summed E-state index contributed by atoms with van der Waals surface area (Å²) in [6.45, 7) is 5.91. The van der Waals surface area contributed by atoms with Crippen LogP contribution in [0.5, 0.6) is 0 Å². The van der Waals surface area contributed by atoms with Crippen molar-refractivity contribution in [3.8, 4) is 0 Å². The van der Waals surface area contributed by atoms with Gasteiger partial charge in [-0.15, -0.1) is 0 Å². The Morgan fingerprint density at radius 2 is 2.24 bits per heavy atom. The molecular weight excluding hydrogens is 214 g/mol. The highest BCUT2D eigenvalue weighted by Crippen LogP contribution is 2.13. The molecule has 0 unspecified atom stereocenters. The first-order chi connectivity index (χ1) is 8.13. The summed E-state index contributed by atoms with van der Waals surface area (Å²) >= 11 is 0. The van der Waals surface area contributed by atoms with Crippen LogP contribution in [0.2, 0.25) is 0 Å². The van der Waals surface area contributed by atoms with E-state index in [0.29, 0.717) is 5.69 Å². The van der Waals surface area contributed by atoms with Crippen molar-refractivity contribution >= 4 is 11.6 Å². The molecular formula is C13H17N3O. The van der Waals surface area contributed by atoms with Crippen molar-refractivity contribution in [1.82, 2.24) is 14.7 Å². The Balaban J connectivity index is 2.53. The molecule has 0 aliphatic heterocycles. The molecule has 0 atom stereocenters. The maximum Gasteiger partial charge on any atom is 0.270 e. The monoisotopic (exact) mass is 231 g/mol. The summed E-state index contributed by atoms with van der Waals surface area (Å²) in [6, 6.07) is 5.86. The summed E-state index contributed by atoms with van der Waals surface area (Å²) in [4.78, 5) is 16.6. The third-order valence-electron chi connectivity index (χ3n) is 2.57. The predicted molar refractivity (Wildman–Crippen MR) is 67.2 cm³/mol. The molecule has 2 aromatic rings. The summed E-state index contributed by atoms with van der Waals surface area (Å²) in [5.74, 6) is -0.0597. The number of fused-ring (bicyclic) bond motifs is 1. The molecule has 4 nitrogen and oxygen atoms in total. The second-order valence-corrected chi connectivity index (χ2v) is 4.32. The molecule has 0 aliphatic carbocycles. The molecule has 2 rings (SSSR count). The van der Waals surface area contributed by atoms with Gasteiger partial charge in [0.15, 0.2) is 0 Å². The van der Waals surface area contributed by atoms with Crippen LogP contribution in [0.4, 0.5) is 0 Å². The minimum absolute atomic E-state index is 0.0597. The number of hydrogen-bond donors (Lipinski definition) is 1. The fraction of sp³-hybridized carbons (Fsp3) is 0.385. The predicted octanol–water partition coefficient (Wildman–Crippen LogP) is 2.03. The molecule has 0 aromatic carbocycles. The van der Waals surface area contributed by atoms with Crippen molar-refractivity contribution < 1.29 is 4.79 Å². The SMILES string of the molecule is CCc1nc2ccccn2c1C(=O)NC(C)C. The number of rotatable bonds is 3. The molecule has 90 valence electrons. The molecule has 17 heavy (non-hydrogen) atoms. The number of carbonyl (C=O) groups excluding carboxylic acids is 1. The van der Waals surface area contributed by atoms with Crippen LogP contribution in [-0.2, 0) is 6.42 Å². The second-order valence-electron chi connectivity index (χ2n) is 4.32. The van der Waals surface area contributed by atoms with Crippen LogP contribution in [0.15, 0.2) is 24.4 Å². The fourth-order valence-corrected chi connectivity index (χ4v) is 1.86. The first-order valence-corrected chi connectivity index (χ1v) is 5.90. The van der Waals surface area contributed by atoms with Crippen LogP contribution in [0.3, 0.4) is 0 Å². The molecule has 1 N–H and O–H groups in total. The first kappa shape index (κ1) is 11.6. The van der Waals surface area contributed by atoms with Crippen molar-refractivity contribution in [2.75, 3.05) is 0 Å².